The summed E-state index contributed by atoms with van der Waals surface area (Å²) in [4.78, 5) is 9.53. The summed E-state index contributed by atoms with van der Waals surface area (Å²) >= 11 is 0. The molecule has 0 fully saturated rings. The number of hydrogen-bond acceptors (Lipinski definition) is 4. The van der Waals surface area contributed by atoms with Crippen LogP contribution >= 0.6 is 0 Å². The summed E-state index contributed by atoms with van der Waals surface area (Å²) in [7, 11) is 0. The average molecular weight is 433 g/mol. The van der Waals surface area contributed by atoms with Crippen molar-refractivity contribution in [3.63, 3.8) is 0 Å². The van der Waals surface area contributed by atoms with Crippen LogP contribution in [0.1, 0.15) is 13.3 Å². The molecule has 1 heterocycles. The maximum Gasteiger partial charge on any atom is 0.230 e. The lowest BCUT2D eigenvalue weighted by atomic mass is 10.1. The van der Waals surface area contributed by atoms with Gasteiger partial charge in [-0.3, -0.25) is 0 Å². The van der Waals surface area contributed by atoms with Crippen molar-refractivity contribution in [2.75, 3.05) is 6.61 Å². The van der Waals surface area contributed by atoms with Crippen LogP contribution in [0.3, 0.4) is 0 Å². The Morgan fingerprint density at radius 3 is 2.00 bits per heavy atom. The van der Waals surface area contributed by atoms with E-state index in [-0.39, 0.29) is 0 Å². The Bertz CT molecular complexity index is 1350. The highest BCUT2D eigenvalue weighted by Gasteiger charge is 2.12. The van der Waals surface area contributed by atoms with Crippen LogP contribution in [0, 0.1) is 0 Å². The summed E-state index contributed by atoms with van der Waals surface area (Å²) in [5.41, 5.74) is 4.06. The predicted octanol–water partition coefficient (Wildman–Crippen LogP) is 7.54. The monoisotopic (exact) mass is 432 g/mol. The van der Waals surface area contributed by atoms with Crippen LogP contribution < -0.4 is 9.47 Å². The first kappa shape index (κ1) is 20.7. The highest BCUT2D eigenvalue weighted by molar-refractivity contribution is 5.85. The second-order valence-electron chi connectivity index (χ2n) is 7.73. The average Bonchev–Trinajstić information content (AvgIpc) is 2.89. The zero-order chi connectivity index (χ0) is 22.5. The molecule has 4 heteroatoms. The molecule has 0 atom stereocenters. The lowest BCUT2D eigenvalue weighted by Gasteiger charge is -2.11. The second kappa shape index (κ2) is 9.53. The Morgan fingerprint density at radius 2 is 1.24 bits per heavy atom. The summed E-state index contributed by atoms with van der Waals surface area (Å²) in [5.74, 6) is 2.73. The van der Waals surface area contributed by atoms with Crippen LogP contribution in [0.15, 0.2) is 103 Å². The number of ether oxygens (including phenoxy) is 2. The van der Waals surface area contributed by atoms with Gasteiger partial charge in [-0.1, -0.05) is 61.5 Å². The van der Waals surface area contributed by atoms with Crippen molar-refractivity contribution in [3.8, 4) is 39.9 Å². The summed E-state index contributed by atoms with van der Waals surface area (Å²) in [6, 6.07) is 34.1. The number of aromatic nitrogens is 2. The van der Waals surface area contributed by atoms with Crippen LogP contribution in [0.25, 0.3) is 33.4 Å². The van der Waals surface area contributed by atoms with Gasteiger partial charge in [0, 0.05) is 5.56 Å². The van der Waals surface area contributed by atoms with E-state index in [1.165, 1.54) is 5.56 Å². The number of rotatable bonds is 7. The van der Waals surface area contributed by atoms with Crippen LogP contribution in [-0.2, 0) is 0 Å². The first-order chi connectivity index (χ1) is 16.3. The van der Waals surface area contributed by atoms with Crippen molar-refractivity contribution in [3.05, 3.63) is 103 Å². The fraction of sp³-hybridized carbons (Fsp3) is 0.103. The predicted molar refractivity (Wildman–Crippen MR) is 133 cm³/mol. The molecule has 5 aromatic rings. The SMILES string of the molecule is CCCOc1ccc(-c2nc(Oc3ccc(-c4ccccc4)cc3)c3ccccc3n2)cc1. The first-order valence-corrected chi connectivity index (χ1v) is 11.1. The zero-order valence-corrected chi connectivity index (χ0v) is 18.4. The minimum Gasteiger partial charge on any atom is -0.494 e. The molecule has 4 aromatic carbocycles. The molecule has 0 N–H and O–H groups in total. The fourth-order valence-corrected chi connectivity index (χ4v) is 3.63. The van der Waals surface area contributed by atoms with Gasteiger partial charge in [-0.2, -0.15) is 4.98 Å². The lowest BCUT2D eigenvalue weighted by molar-refractivity contribution is 0.317. The van der Waals surface area contributed by atoms with Crippen LogP contribution in [0.5, 0.6) is 17.4 Å². The Hall–Kier alpha value is -4.18. The van der Waals surface area contributed by atoms with Gasteiger partial charge in [-0.05, 0) is 66.1 Å². The summed E-state index contributed by atoms with van der Waals surface area (Å²) in [6.07, 6.45) is 0.975. The molecule has 0 saturated heterocycles. The largest absolute Gasteiger partial charge is 0.494 e. The molecule has 0 aliphatic heterocycles. The van der Waals surface area contributed by atoms with Gasteiger partial charge in [0.2, 0.25) is 5.88 Å². The molecular formula is C29H24N2O2. The lowest BCUT2D eigenvalue weighted by Crippen LogP contribution is -1.97. The van der Waals surface area contributed by atoms with Crippen molar-refractivity contribution < 1.29 is 9.47 Å². The van der Waals surface area contributed by atoms with Gasteiger partial charge in [0.05, 0.1) is 17.5 Å². The maximum absolute atomic E-state index is 6.25. The third kappa shape index (κ3) is 4.70. The number of para-hydroxylation sites is 1. The smallest absolute Gasteiger partial charge is 0.230 e. The first-order valence-electron chi connectivity index (χ1n) is 11.1. The van der Waals surface area contributed by atoms with Gasteiger partial charge in [-0.15, -0.1) is 0 Å². The van der Waals surface area contributed by atoms with Crippen LogP contribution in [0.4, 0.5) is 0 Å². The minimum atomic E-state index is 0.536. The Morgan fingerprint density at radius 1 is 0.606 bits per heavy atom. The number of benzene rings is 4. The van der Waals surface area contributed by atoms with E-state index in [1.54, 1.807) is 0 Å². The van der Waals surface area contributed by atoms with Crippen molar-refractivity contribution in [2.24, 2.45) is 0 Å². The Balaban J connectivity index is 1.46. The Kier molecular flexibility index (Phi) is 5.98. The standard InChI is InChI=1S/C29H24N2O2/c1-2-20-32-24-16-14-23(15-17-24)28-30-27-11-7-6-10-26(27)29(31-28)33-25-18-12-22(13-19-25)21-8-4-3-5-9-21/h3-19H,2,20H2,1H3. The van der Waals surface area contributed by atoms with Gasteiger partial charge in [0.1, 0.15) is 11.5 Å². The highest BCUT2D eigenvalue weighted by Crippen LogP contribution is 2.31. The third-order valence-electron chi connectivity index (χ3n) is 5.33. The summed E-state index contributed by atoms with van der Waals surface area (Å²) < 4.78 is 11.9. The van der Waals surface area contributed by atoms with Crippen molar-refractivity contribution in [1.82, 2.24) is 9.97 Å². The summed E-state index contributed by atoms with van der Waals surface area (Å²) in [5, 5.41) is 0.872. The number of fused-ring (bicyclic) bond motifs is 1. The minimum absolute atomic E-state index is 0.536. The van der Waals surface area contributed by atoms with E-state index >= 15 is 0 Å². The summed E-state index contributed by atoms with van der Waals surface area (Å²) in [6.45, 7) is 2.79. The van der Waals surface area contributed by atoms with Gasteiger partial charge >= 0.3 is 0 Å². The van der Waals surface area contributed by atoms with Crippen LogP contribution in [-0.4, -0.2) is 16.6 Å². The van der Waals surface area contributed by atoms with Gasteiger partial charge in [-0.25, -0.2) is 4.98 Å². The van der Waals surface area contributed by atoms with Crippen LogP contribution in [0.2, 0.25) is 0 Å². The molecule has 0 aliphatic carbocycles. The Labute approximate surface area is 193 Å². The molecule has 0 unspecified atom stereocenters. The van der Waals surface area contributed by atoms with E-state index in [4.69, 9.17) is 19.4 Å². The van der Waals surface area contributed by atoms with Gasteiger partial charge in [0.15, 0.2) is 5.82 Å². The molecule has 162 valence electrons. The molecule has 1 aromatic heterocycles. The molecular weight excluding hydrogens is 408 g/mol. The molecule has 0 amide bonds. The van der Waals surface area contributed by atoms with E-state index in [0.29, 0.717) is 18.3 Å². The topological polar surface area (TPSA) is 44.2 Å². The highest BCUT2D eigenvalue weighted by atomic mass is 16.5. The normalized spacial score (nSPS) is 10.8. The van der Waals surface area contributed by atoms with E-state index < -0.39 is 0 Å². The number of hydrogen-bond donors (Lipinski definition) is 0. The van der Waals surface area contributed by atoms with Crippen molar-refractivity contribution in [2.45, 2.75) is 13.3 Å². The molecule has 4 nitrogen and oxygen atoms in total. The van der Waals surface area contributed by atoms with E-state index in [0.717, 1.165) is 39.9 Å². The molecule has 33 heavy (non-hydrogen) atoms. The number of nitrogens with zero attached hydrogens (tertiary/aromatic N) is 2. The fourth-order valence-electron chi connectivity index (χ4n) is 3.63. The quantitative estimate of drug-likeness (QED) is 0.266. The van der Waals surface area contributed by atoms with Gasteiger partial charge in [0.25, 0.3) is 0 Å². The molecule has 5 rings (SSSR count). The van der Waals surface area contributed by atoms with Crippen molar-refractivity contribution in [1.29, 1.82) is 0 Å². The van der Waals surface area contributed by atoms with E-state index in [2.05, 4.69) is 31.2 Å². The second-order valence-corrected chi connectivity index (χ2v) is 7.73. The molecule has 0 aliphatic rings. The van der Waals surface area contributed by atoms with Crippen molar-refractivity contribution >= 4 is 10.9 Å². The molecule has 0 spiro atoms. The third-order valence-corrected chi connectivity index (χ3v) is 5.33. The zero-order valence-electron chi connectivity index (χ0n) is 18.4. The molecule has 0 bridgehead atoms. The van der Waals surface area contributed by atoms with E-state index in [1.807, 2.05) is 78.9 Å². The molecule has 0 saturated carbocycles. The van der Waals surface area contributed by atoms with Gasteiger partial charge < -0.3 is 9.47 Å². The maximum atomic E-state index is 6.25. The van der Waals surface area contributed by atoms with E-state index in [9.17, 15) is 0 Å². The molecule has 0 radical (unpaired) electrons.